The minimum Gasteiger partial charge on any atom is -0.383 e. The number of hydrogen-bond acceptors (Lipinski definition) is 4. The number of fused-ring (bicyclic) bond motifs is 1. The molecule has 128 valence electrons. The van der Waals surface area contributed by atoms with Gasteiger partial charge in [0.25, 0.3) is 0 Å². The number of benzene rings is 1. The maximum absolute atomic E-state index is 5.28. The highest BCUT2D eigenvalue weighted by Crippen LogP contribution is 2.36. The Bertz CT molecular complexity index is 669. The lowest BCUT2D eigenvalue weighted by molar-refractivity contribution is 0.166. The molecular formula is C19H26N4O. The van der Waals surface area contributed by atoms with Crippen molar-refractivity contribution in [1.29, 1.82) is 0 Å². The van der Waals surface area contributed by atoms with Crippen molar-refractivity contribution in [1.82, 2.24) is 19.7 Å². The normalized spacial score (nSPS) is 24.2. The molecule has 2 aliphatic rings. The Morgan fingerprint density at radius 2 is 2.04 bits per heavy atom. The Balaban J connectivity index is 1.61. The van der Waals surface area contributed by atoms with E-state index >= 15 is 0 Å². The van der Waals surface area contributed by atoms with Crippen LogP contribution in [0.1, 0.15) is 37.4 Å². The second kappa shape index (κ2) is 7.03. The predicted octanol–water partition coefficient (Wildman–Crippen LogP) is 2.93. The zero-order chi connectivity index (χ0) is 16.4. The van der Waals surface area contributed by atoms with Crippen molar-refractivity contribution < 1.29 is 4.74 Å². The molecule has 2 saturated heterocycles. The minimum absolute atomic E-state index is 0.520. The number of rotatable bonds is 5. The molecule has 2 fully saturated rings. The van der Waals surface area contributed by atoms with E-state index in [2.05, 4.69) is 21.7 Å². The van der Waals surface area contributed by atoms with Gasteiger partial charge in [-0.15, -0.1) is 0 Å². The molecule has 5 heteroatoms. The minimum atomic E-state index is 0.520. The molecule has 1 aromatic carbocycles. The predicted molar refractivity (Wildman–Crippen MR) is 93.9 cm³/mol. The van der Waals surface area contributed by atoms with E-state index in [9.17, 15) is 0 Å². The Kier molecular flexibility index (Phi) is 4.63. The third kappa shape index (κ3) is 3.10. The molecule has 0 amide bonds. The molecular weight excluding hydrogens is 300 g/mol. The van der Waals surface area contributed by atoms with Gasteiger partial charge in [0, 0.05) is 24.6 Å². The first-order chi connectivity index (χ1) is 11.8. The number of hydrogen-bond donors (Lipinski definition) is 0. The van der Waals surface area contributed by atoms with Gasteiger partial charge in [-0.05, 0) is 38.8 Å². The van der Waals surface area contributed by atoms with Crippen LogP contribution in [0.2, 0.25) is 0 Å². The summed E-state index contributed by atoms with van der Waals surface area (Å²) in [6.45, 7) is 3.93. The van der Waals surface area contributed by atoms with Crippen molar-refractivity contribution in [2.75, 3.05) is 26.8 Å². The quantitative estimate of drug-likeness (QED) is 0.847. The summed E-state index contributed by atoms with van der Waals surface area (Å²) in [5.74, 6) is 2.51. The summed E-state index contributed by atoms with van der Waals surface area (Å²) in [5.41, 5.74) is 1.09. The molecule has 24 heavy (non-hydrogen) atoms. The van der Waals surface area contributed by atoms with Gasteiger partial charge in [-0.2, -0.15) is 5.10 Å². The van der Waals surface area contributed by atoms with Crippen LogP contribution < -0.4 is 0 Å². The molecule has 0 spiro atoms. The summed E-state index contributed by atoms with van der Waals surface area (Å²) in [7, 11) is 1.74. The third-order valence-corrected chi connectivity index (χ3v) is 5.43. The smallest absolute Gasteiger partial charge is 0.181 e. The first kappa shape index (κ1) is 15.8. The summed E-state index contributed by atoms with van der Waals surface area (Å²) in [4.78, 5) is 7.61. The van der Waals surface area contributed by atoms with Gasteiger partial charge in [0.15, 0.2) is 5.82 Å². The summed E-state index contributed by atoms with van der Waals surface area (Å²) in [6.07, 6.45) is 5.10. The largest absolute Gasteiger partial charge is 0.383 e. The van der Waals surface area contributed by atoms with Gasteiger partial charge >= 0.3 is 0 Å². The fourth-order valence-electron chi connectivity index (χ4n) is 4.17. The van der Waals surface area contributed by atoms with Gasteiger partial charge in [-0.1, -0.05) is 30.3 Å². The van der Waals surface area contributed by atoms with Gasteiger partial charge < -0.3 is 9.64 Å². The van der Waals surface area contributed by atoms with E-state index in [-0.39, 0.29) is 0 Å². The first-order valence-electron chi connectivity index (χ1n) is 9.08. The van der Waals surface area contributed by atoms with Gasteiger partial charge in [0.2, 0.25) is 0 Å². The van der Waals surface area contributed by atoms with Crippen LogP contribution in [0.15, 0.2) is 30.3 Å². The van der Waals surface area contributed by atoms with E-state index in [1.165, 1.54) is 38.8 Å². The second-order valence-electron chi connectivity index (χ2n) is 6.93. The Morgan fingerprint density at radius 3 is 2.88 bits per heavy atom. The van der Waals surface area contributed by atoms with E-state index in [1.807, 2.05) is 18.2 Å². The van der Waals surface area contributed by atoms with Crippen LogP contribution in [-0.4, -0.2) is 52.5 Å². The molecule has 2 atom stereocenters. The summed E-state index contributed by atoms with van der Waals surface area (Å²) < 4.78 is 7.36. The number of aromatic nitrogens is 3. The average molecular weight is 326 g/mol. The molecule has 0 N–H and O–H groups in total. The number of piperidine rings is 1. The highest BCUT2D eigenvalue weighted by Gasteiger charge is 2.34. The van der Waals surface area contributed by atoms with Crippen LogP contribution >= 0.6 is 0 Å². The Labute approximate surface area is 143 Å². The number of methoxy groups -OCH3 is 1. The molecule has 2 aromatic rings. The van der Waals surface area contributed by atoms with E-state index in [0.29, 0.717) is 12.5 Å². The molecule has 0 bridgehead atoms. The lowest BCUT2D eigenvalue weighted by atomic mass is 9.90. The van der Waals surface area contributed by atoms with Gasteiger partial charge in [0.1, 0.15) is 5.82 Å². The summed E-state index contributed by atoms with van der Waals surface area (Å²) >= 11 is 0. The van der Waals surface area contributed by atoms with E-state index in [1.54, 1.807) is 7.11 Å². The highest BCUT2D eigenvalue weighted by molar-refractivity contribution is 5.54. The Hall–Kier alpha value is -1.72. The maximum atomic E-state index is 5.28. The van der Waals surface area contributed by atoms with Crippen LogP contribution in [0.25, 0.3) is 11.4 Å². The van der Waals surface area contributed by atoms with Crippen LogP contribution in [0.3, 0.4) is 0 Å². The molecule has 2 unspecified atom stereocenters. The van der Waals surface area contributed by atoms with Gasteiger partial charge in [-0.25, -0.2) is 9.67 Å². The lowest BCUT2D eigenvalue weighted by Crippen LogP contribution is -2.37. The highest BCUT2D eigenvalue weighted by atomic mass is 16.5. The van der Waals surface area contributed by atoms with E-state index in [4.69, 9.17) is 14.8 Å². The fourth-order valence-corrected chi connectivity index (χ4v) is 4.17. The third-order valence-electron chi connectivity index (χ3n) is 5.43. The standard InChI is InChI=1S/C19H26N4O/c1-24-13-12-23-19(16-9-11-22-10-5-8-17(22)14-16)20-18(21-23)15-6-3-2-4-7-15/h2-4,6-7,16-17H,5,8-14H2,1H3. The van der Waals surface area contributed by atoms with Crippen molar-refractivity contribution >= 4 is 0 Å². The van der Waals surface area contributed by atoms with Crippen LogP contribution in [0, 0.1) is 0 Å². The SMILES string of the molecule is COCCn1nc(-c2ccccc2)nc1C1CCN2CCCC2C1. The zero-order valence-corrected chi connectivity index (χ0v) is 14.4. The van der Waals surface area contributed by atoms with Crippen molar-refractivity contribution in [3.05, 3.63) is 36.2 Å². The maximum Gasteiger partial charge on any atom is 0.181 e. The fraction of sp³-hybridized carbons (Fsp3) is 0.579. The molecule has 0 radical (unpaired) electrons. The molecule has 1 aromatic heterocycles. The zero-order valence-electron chi connectivity index (χ0n) is 14.4. The van der Waals surface area contributed by atoms with E-state index in [0.717, 1.165) is 29.8 Å². The van der Waals surface area contributed by atoms with E-state index < -0.39 is 0 Å². The van der Waals surface area contributed by atoms with Crippen LogP contribution in [0.4, 0.5) is 0 Å². The number of nitrogens with zero attached hydrogens (tertiary/aromatic N) is 4. The van der Waals surface area contributed by atoms with Crippen molar-refractivity contribution in [2.24, 2.45) is 0 Å². The molecule has 3 heterocycles. The molecule has 0 aliphatic carbocycles. The molecule has 5 nitrogen and oxygen atoms in total. The molecule has 0 saturated carbocycles. The lowest BCUT2D eigenvalue weighted by Gasteiger charge is -2.34. The van der Waals surface area contributed by atoms with Crippen LogP contribution in [-0.2, 0) is 11.3 Å². The number of ether oxygens (including phenoxy) is 1. The summed E-state index contributed by atoms with van der Waals surface area (Å²) in [5, 5.41) is 4.79. The van der Waals surface area contributed by atoms with Crippen molar-refractivity contribution in [3.63, 3.8) is 0 Å². The average Bonchev–Trinajstić information content (AvgIpc) is 3.26. The Morgan fingerprint density at radius 1 is 1.17 bits per heavy atom. The van der Waals surface area contributed by atoms with Crippen molar-refractivity contribution in [3.8, 4) is 11.4 Å². The van der Waals surface area contributed by atoms with Crippen LogP contribution in [0.5, 0.6) is 0 Å². The molecule has 4 rings (SSSR count). The van der Waals surface area contributed by atoms with Gasteiger partial charge in [-0.3, -0.25) is 0 Å². The second-order valence-corrected chi connectivity index (χ2v) is 6.93. The summed E-state index contributed by atoms with van der Waals surface area (Å²) in [6, 6.07) is 11.0. The molecule has 2 aliphatic heterocycles. The van der Waals surface area contributed by atoms with Crippen molar-refractivity contribution in [2.45, 2.75) is 44.2 Å². The monoisotopic (exact) mass is 326 g/mol. The van der Waals surface area contributed by atoms with Gasteiger partial charge in [0.05, 0.1) is 13.2 Å². The first-order valence-corrected chi connectivity index (χ1v) is 9.08. The topological polar surface area (TPSA) is 43.2 Å².